The first kappa shape index (κ1) is 15.2. The lowest BCUT2D eigenvalue weighted by Crippen LogP contribution is -2.17. The van der Waals surface area contributed by atoms with E-state index in [1.165, 1.54) is 16.0 Å². The average molecular weight is 289 g/mol. The number of rotatable bonds is 9. The maximum absolute atomic E-state index is 5.46. The lowest BCUT2D eigenvalue weighted by molar-refractivity contribution is 0.654. The lowest BCUT2D eigenvalue weighted by atomic mass is 10.1. The summed E-state index contributed by atoms with van der Waals surface area (Å²) in [6, 6.07) is 13.0. The fourth-order valence-electron chi connectivity index (χ4n) is 1.98. The molecule has 20 heavy (non-hydrogen) atoms. The third-order valence-corrected chi connectivity index (χ3v) is 3.99. The van der Waals surface area contributed by atoms with Crippen LogP contribution in [0.3, 0.4) is 0 Å². The second-order valence-electron chi connectivity index (χ2n) is 4.82. The van der Waals surface area contributed by atoms with Crippen LogP contribution in [0.25, 0.3) is 0 Å². The minimum absolute atomic E-state index is 0.752. The van der Waals surface area contributed by atoms with Crippen LogP contribution in [0, 0.1) is 0 Å². The summed E-state index contributed by atoms with van der Waals surface area (Å²) in [5.74, 6) is 0. The van der Waals surface area contributed by atoms with E-state index < -0.39 is 0 Å². The molecule has 0 radical (unpaired) electrons. The normalized spacial score (nSPS) is 10.8. The fourth-order valence-corrected chi connectivity index (χ4v) is 2.65. The summed E-state index contributed by atoms with van der Waals surface area (Å²) in [5, 5.41) is 8.97. The van der Waals surface area contributed by atoms with Crippen LogP contribution in [-0.2, 0) is 19.6 Å². The second kappa shape index (κ2) is 8.87. The number of thiophene rings is 1. The van der Waals surface area contributed by atoms with Gasteiger partial charge in [-0.2, -0.15) is 0 Å². The molecule has 0 aliphatic heterocycles. The predicted molar refractivity (Wildman–Crippen MR) is 86.7 cm³/mol. The van der Waals surface area contributed by atoms with Crippen LogP contribution in [0.4, 0.5) is 0 Å². The summed E-state index contributed by atoms with van der Waals surface area (Å²) >= 11 is 1.79. The van der Waals surface area contributed by atoms with Gasteiger partial charge in [0.15, 0.2) is 0 Å². The third-order valence-electron chi connectivity index (χ3n) is 3.12. The summed E-state index contributed by atoms with van der Waals surface area (Å²) in [4.78, 5) is 1.38. The largest absolute Gasteiger partial charge is 0.330 e. The van der Waals surface area contributed by atoms with Gasteiger partial charge in [-0.25, -0.2) is 0 Å². The molecule has 0 fully saturated rings. The van der Waals surface area contributed by atoms with E-state index in [4.69, 9.17) is 5.73 Å². The van der Waals surface area contributed by atoms with E-state index in [2.05, 4.69) is 52.4 Å². The lowest BCUT2D eigenvalue weighted by Gasteiger charge is -2.07. The molecule has 0 aliphatic rings. The Bertz CT molecular complexity index is 465. The molecule has 108 valence electrons. The molecule has 4 N–H and O–H groups in total. The van der Waals surface area contributed by atoms with Crippen molar-refractivity contribution >= 4 is 11.3 Å². The van der Waals surface area contributed by atoms with Crippen molar-refractivity contribution < 1.29 is 0 Å². The molecule has 0 unspecified atom stereocenters. The van der Waals surface area contributed by atoms with E-state index >= 15 is 0 Å². The van der Waals surface area contributed by atoms with E-state index in [0.717, 1.165) is 39.1 Å². The summed E-state index contributed by atoms with van der Waals surface area (Å²) < 4.78 is 0. The summed E-state index contributed by atoms with van der Waals surface area (Å²) in [6.07, 6.45) is 1.03. The number of hydrogen-bond donors (Lipinski definition) is 3. The molecule has 2 rings (SSSR count). The zero-order valence-electron chi connectivity index (χ0n) is 11.8. The number of benzene rings is 1. The number of nitrogens with one attached hydrogen (secondary N) is 2. The van der Waals surface area contributed by atoms with Crippen LogP contribution >= 0.6 is 11.3 Å². The zero-order valence-corrected chi connectivity index (χ0v) is 12.6. The SMILES string of the molecule is NCCCNCc1ccc(CNCc2cccs2)cc1. The van der Waals surface area contributed by atoms with Crippen molar-refractivity contribution in [3.8, 4) is 0 Å². The van der Waals surface area contributed by atoms with Crippen LogP contribution in [-0.4, -0.2) is 13.1 Å². The smallest absolute Gasteiger partial charge is 0.0302 e. The molecule has 0 aliphatic carbocycles. The molecule has 1 aromatic carbocycles. The molecule has 0 saturated carbocycles. The standard InChI is InChI=1S/C16H23N3S/c17-8-2-9-18-11-14-4-6-15(7-5-14)12-19-13-16-3-1-10-20-16/h1,3-7,10,18-19H,2,8-9,11-13,17H2. The van der Waals surface area contributed by atoms with Gasteiger partial charge in [0.05, 0.1) is 0 Å². The Morgan fingerprint density at radius 1 is 0.900 bits per heavy atom. The minimum atomic E-state index is 0.752. The first-order valence-electron chi connectivity index (χ1n) is 7.10. The second-order valence-corrected chi connectivity index (χ2v) is 5.85. The maximum Gasteiger partial charge on any atom is 0.0302 e. The van der Waals surface area contributed by atoms with Crippen LogP contribution in [0.5, 0.6) is 0 Å². The van der Waals surface area contributed by atoms with Gasteiger partial charge in [0, 0.05) is 24.5 Å². The highest BCUT2D eigenvalue weighted by molar-refractivity contribution is 7.09. The summed E-state index contributed by atoms with van der Waals surface area (Å²) in [7, 11) is 0. The molecule has 2 aromatic rings. The van der Waals surface area contributed by atoms with Crippen molar-refractivity contribution in [3.05, 3.63) is 57.8 Å². The Balaban J connectivity index is 1.68. The van der Waals surface area contributed by atoms with Crippen molar-refractivity contribution in [3.63, 3.8) is 0 Å². The molecular formula is C16H23N3S. The van der Waals surface area contributed by atoms with Crippen molar-refractivity contribution in [2.24, 2.45) is 5.73 Å². The third kappa shape index (κ3) is 5.43. The number of nitrogens with two attached hydrogens (primary N) is 1. The van der Waals surface area contributed by atoms with Gasteiger partial charge in [-0.15, -0.1) is 11.3 Å². The van der Waals surface area contributed by atoms with Gasteiger partial charge >= 0.3 is 0 Å². The van der Waals surface area contributed by atoms with Crippen molar-refractivity contribution in [2.45, 2.75) is 26.1 Å². The van der Waals surface area contributed by atoms with E-state index in [1.54, 1.807) is 11.3 Å². The Morgan fingerprint density at radius 2 is 1.60 bits per heavy atom. The average Bonchev–Trinajstić information content (AvgIpc) is 2.98. The van der Waals surface area contributed by atoms with E-state index in [1.807, 2.05) is 0 Å². The highest BCUT2D eigenvalue weighted by Gasteiger charge is 1.96. The first-order chi connectivity index (χ1) is 9.88. The van der Waals surface area contributed by atoms with Crippen molar-refractivity contribution in [2.75, 3.05) is 13.1 Å². The van der Waals surface area contributed by atoms with E-state index in [0.29, 0.717) is 0 Å². The molecule has 0 atom stereocenters. The summed E-state index contributed by atoms with van der Waals surface area (Å²) in [6.45, 7) is 4.52. The Labute approximate surface area is 125 Å². The molecule has 1 heterocycles. The quantitative estimate of drug-likeness (QED) is 0.622. The zero-order chi connectivity index (χ0) is 14.0. The Kier molecular flexibility index (Phi) is 6.74. The highest BCUT2D eigenvalue weighted by atomic mass is 32.1. The molecule has 0 bridgehead atoms. The van der Waals surface area contributed by atoms with Crippen LogP contribution in [0.2, 0.25) is 0 Å². The Morgan fingerprint density at radius 3 is 2.20 bits per heavy atom. The fraction of sp³-hybridized carbons (Fsp3) is 0.375. The van der Waals surface area contributed by atoms with Crippen molar-refractivity contribution in [1.82, 2.24) is 10.6 Å². The number of hydrogen-bond acceptors (Lipinski definition) is 4. The molecule has 4 heteroatoms. The molecular weight excluding hydrogens is 266 g/mol. The van der Waals surface area contributed by atoms with Gasteiger partial charge in [0.2, 0.25) is 0 Å². The highest BCUT2D eigenvalue weighted by Crippen LogP contribution is 2.08. The predicted octanol–water partition coefficient (Wildman–Crippen LogP) is 2.48. The topological polar surface area (TPSA) is 50.1 Å². The van der Waals surface area contributed by atoms with Gasteiger partial charge in [-0.3, -0.25) is 0 Å². The molecule has 0 spiro atoms. The monoisotopic (exact) mass is 289 g/mol. The Hall–Kier alpha value is -1.20. The molecule has 0 saturated heterocycles. The van der Waals surface area contributed by atoms with Gasteiger partial charge in [-0.05, 0) is 42.1 Å². The van der Waals surface area contributed by atoms with Gasteiger partial charge in [-0.1, -0.05) is 30.3 Å². The van der Waals surface area contributed by atoms with Crippen LogP contribution < -0.4 is 16.4 Å². The molecule has 3 nitrogen and oxygen atoms in total. The van der Waals surface area contributed by atoms with Gasteiger partial charge < -0.3 is 16.4 Å². The molecule has 1 aromatic heterocycles. The maximum atomic E-state index is 5.46. The van der Waals surface area contributed by atoms with Crippen molar-refractivity contribution in [1.29, 1.82) is 0 Å². The summed E-state index contributed by atoms with van der Waals surface area (Å²) in [5.41, 5.74) is 8.11. The van der Waals surface area contributed by atoms with E-state index in [-0.39, 0.29) is 0 Å². The molecule has 0 amide bonds. The van der Waals surface area contributed by atoms with Crippen LogP contribution in [0.1, 0.15) is 22.4 Å². The first-order valence-corrected chi connectivity index (χ1v) is 7.98. The van der Waals surface area contributed by atoms with Gasteiger partial charge in [0.1, 0.15) is 0 Å². The van der Waals surface area contributed by atoms with Gasteiger partial charge in [0.25, 0.3) is 0 Å². The minimum Gasteiger partial charge on any atom is -0.330 e. The van der Waals surface area contributed by atoms with E-state index in [9.17, 15) is 0 Å². The van der Waals surface area contributed by atoms with Crippen LogP contribution in [0.15, 0.2) is 41.8 Å².